The molecule has 0 aromatic heterocycles. The van der Waals surface area contributed by atoms with Gasteiger partial charge in [-0.15, -0.1) is 0 Å². The first-order valence-corrected chi connectivity index (χ1v) is 12.5. The van der Waals surface area contributed by atoms with Crippen LogP contribution in [0.5, 0.6) is 0 Å². The second-order valence-corrected chi connectivity index (χ2v) is 11.0. The molecule has 1 nitrogen and oxygen atoms in total. The Morgan fingerprint density at radius 2 is 1.19 bits per heavy atom. The second-order valence-electron chi connectivity index (χ2n) is 7.24. The molecule has 1 atom stereocenters. The molecule has 31 heavy (non-hydrogen) atoms. The highest BCUT2D eigenvalue weighted by Gasteiger charge is 2.36. The highest BCUT2D eigenvalue weighted by atomic mass is 35.5. The Bertz CT molecular complexity index is 1190. The van der Waals surface area contributed by atoms with Crippen LogP contribution in [0.25, 0.3) is 6.08 Å². The molecule has 4 heteroatoms. The van der Waals surface area contributed by atoms with Crippen molar-refractivity contribution in [1.82, 2.24) is 0 Å². The number of hydrogen-bond acceptors (Lipinski definition) is 1. The summed E-state index contributed by atoms with van der Waals surface area (Å²) in [7, 11) is -3.10. The lowest BCUT2D eigenvalue weighted by Gasteiger charge is -2.27. The summed E-state index contributed by atoms with van der Waals surface area (Å²) in [5.74, 6) is 0. The van der Waals surface area contributed by atoms with Crippen molar-refractivity contribution < 1.29 is 4.57 Å². The average Bonchev–Trinajstić information content (AvgIpc) is 2.80. The number of hydrogen-bond donors (Lipinski definition) is 0. The predicted octanol–water partition coefficient (Wildman–Crippen LogP) is 7.76. The van der Waals surface area contributed by atoms with Crippen LogP contribution in [0.4, 0.5) is 0 Å². The van der Waals surface area contributed by atoms with E-state index in [4.69, 9.17) is 23.2 Å². The van der Waals surface area contributed by atoms with E-state index in [0.717, 1.165) is 21.7 Å². The maximum atomic E-state index is 15.0. The average molecular weight is 463 g/mol. The number of halogens is 2. The molecule has 154 valence electrons. The molecule has 4 rings (SSSR count). The molecule has 4 aromatic carbocycles. The Kier molecular flexibility index (Phi) is 6.78. The molecular formula is C27H21Cl2OP. The second kappa shape index (κ2) is 9.71. The van der Waals surface area contributed by atoms with Gasteiger partial charge in [0, 0.05) is 20.7 Å². The van der Waals surface area contributed by atoms with Crippen molar-refractivity contribution in [3.05, 3.63) is 136 Å². The van der Waals surface area contributed by atoms with Crippen LogP contribution in [-0.4, -0.2) is 0 Å². The van der Waals surface area contributed by atoms with Gasteiger partial charge in [0.1, 0.15) is 0 Å². The zero-order valence-electron chi connectivity index (χ0n) is 16.7. The lowest BCUT2D eigenvalue weighted by atomic mass is 10.1. The van der Waals surface area contributed by atoms with Gasteiger partial charge in [-0.25, -0.2) is 0 Å². The molecule has 0 spiro atoms. The largest absolute Gasteiger partial charge is 0.313 e. The zero-order chi connectivity index (χ0) is 21.7. The molecule has 0 aliphatic carbocycles. The van der Waals surface area contributed by atoms with E-state index in [1.165, 1.54) is 0 Å². The first kappa shape index (κ1) is 21.7. The third-order valence-corrected chi connectivity index (χ3v) is 9.04. The SMILES string of the molecule is O=P(c1ccccc1)(c1ccccc1)C(/C=C/c1cccc(Cl)c1)c1cccc(Cl)c1. The molecule has 0 saturated heterocycles. The van der Waals surface area contributed by atoms with Gasteiger partial charge in [0.2, 0.25) is 0 Å². The maximum absolute atomic E-state index is 15.0. The summed E-state index contributed by atoms with van der Waals surface area (Å²) in [6.45, 7) is 0. The standard InChI is InChI=1S/C27H21Cl2OP/c28-23-11-7-9-21(19-23)17-18-27(22-10-8-12-24(29)20-22)31(30,25-13-3-1-4-14-25)26-15-5-2-6-16-26/h1-20,27H/b18-17+. The highest BCUT2D eigenvalue weighted by molar-refractivity contribution is 7.79. The monoisotopic (exact) mass is 462 g/mol. The van der Waals surface area contributed by atoms with Gasteiger partial charge in [-0.3, -0.25) is 0 Å². The Labute approximate surface area is 193 Å². The smallest absolute Gasteiger partial charge is 0.153 e. The van der Waals surface area contributed by atoms with Crippen LogP contribution >= 0.6 is 30.3 Å². The fourth-order valence-electron chi connectivity index (χ4n) is 3.71. The molecule has 0 aliphatic rings. The molecule has 0 fully saturated rings. The molecule has 0 bridgehead atoms. The van der Waals surface area contributed by atoms with Gasteiger partial charge in [-0.2, -0.15) is 0 Å². The molecule has 0 heterocycles. The first-order chi connectivity index (χ1) is 15.1. The third-order valence-electron chi connectivity index (χ3n) is 5.18. The normalized spacial score (nSPS) is 12.7. The zero-order valence-corrected chi connectivity index (χ0v) is 19.1. The lowest BCUT2D eigenvalue weighted by Crippen LogP contribution is -2.20. The summed E-state index contributed by atoms with van der Waals surface area (Å²) in [5, 5.41) is 2.89. The van der Waals surface area contributed by atoms with Gasteiger partial charge in [0.25, 0.3) is 0 Å². The summed E-state index contributed by atoms with van der Waals surface area (Å²) in [5.41, 5.74) is 1.46. The molecule has 0 radical (unpaired) electrons. The van der Waals surface area contributed by atoms with Crippen molar-refractivity contribution in [3.63, 3.8) is 0 Å². The highest BCUT2D eigenvalue weighted by Crippen LogP contribution is 2.58. The van der Waals surface area contributed by atoms with Crippen molar-refractivity contribution in [3.8, 4) is 0 Å². The van der Waals surface area contributed by atoms with E-state index < -0.39 is 12.8 Å². The van der Waals surface area contributed by atoms with E-state index in [-0.39, 0.29) is 0 Å². The minimum Gasteiger partial charge on any atom is -0.313 e. The summed E-state index contributed by atoms with van der Waals surface area (Å²) >= 11 is 12.5. The van der Waals surface area contributed by atoms with Crippen LogP contribution in [-0.2, 0) is 4.57 Å². The summed E-state index contributed by atoms with van der Waals surface area (Å²) in [4.78, 5) is 0. The summed E-state index contributed by atoms with van der Waals surface area (Å²) in [6, 6.07) is 34.6. The van der Waals surface area contributed by atoms with Crippen molar-refractivity contribution in [2.45, 2.75) is 5.66 Å². The van der Waals surface area contributed by atoms with Gasteiger partial charge in [-0.1, -0.05) is 120 Å². The van der Waals surface area contributed by atoms with Gasteiger partial charge < -0.3 is 4.57 Å². The van der Waals surface area contributed by atoms with Crippen molar-refractivity contribution in [2.24, 2.45) is 0 Å². The number of allylic oxidation sites excluding steroid dienone is 1. The maximum Gasteiger partial charge on any atom is 0.153 e. The van der Waals surface area contributed by atoms with Gasteiger partial charge >= 0.3 is 0 Å². The van der Waals surface area contributed by atoms with Gasteiger partial charge in [0.15, 0.2) is 7.14 Å². The van der Waals surface area contributed by atoms with Crippen LogP contribution in [0, 0.1) is 0 Å². The first-order valence-electron chi connectivity index (χ1n) is 9.97. The fourth-order valence-corrected chi connectivity index (χ4v) is 7.19. The van der Waals surface area contributed by atoms with E-state index >= 15 is 0 Å². The summed E-state index contributed by atoms with van der Waals surface area (Å²) in [6.07, 6.45) is 3.99. The lowest BCUT2D eigenvalue weighted by molar-refractivity contribution is 0.583. The topological polar surface area (TPSA) is 17.1 Å². The van der Waals surface area contributed by atoms with Crippen LogP contribution < -0.4 is 10.6 Å². The molecule has 4 aromatic rings. The van der Waals surface area contributed by atoms with E-state index in [2.05, 4.69) is 0 Å². The quantitative estimate of drug-likeness (QED) is 0.267. The molecule has 0 saturated carbocycles. The van der Waals surface area contributed by atoms with Crippen molar-refractivity contribution >= 4 is 47.0 Å². The molecular weight excluding hydrogens is 442 g/mol. The Hall–Kier alpha value is -2.57. The number of rotatable bonds is 6. The van der Waals surface area contributed by atoms with Crippen LogP contribution in [0.1, 0.15) is 16.8 Å². The van der Waals surface area contributed by atoms with Crippen LogP contribution in [0.3, 0.4) is 0 Å². The van der Waals surface area contributed by atoms with Crippen molar-refractivity contribution in [2.75, 3.05) is 0 Å². The van der Waals surface area contributed by atoms with Crippen molar-refractivity contribution in [1.29, 1.82) is 0 Å². The Balaban J connectivity index is 1.93. The van der Waals surface area contributed by atoms with Gasteiger partial charge in [-0.05, 0) is 35.4 Å². The van der Waals surface area contributed by atoms with E-state index in [0.29, 0.717) is 10.0 Å². The predicted molar refractivity (Wildman–Crippen MR) is 134 cm³/mol. The van der Waals surface area contributed by atoms with E-state index in [1.807, 2.05) is 121 Å². The van der Waals surface area contributed by atoms with Crippen LogP contribution in [0.2, 0.25) is 10.0 Å². The Morgan fingerprint density at radius 1 is 0.645 bits per heavy atom. The molecule has 0 aliphatic heterocycles. The molecule has 0 N–H and O–H groups in total. The third kappa shape index (κ3) is 4.86. The number of benzene rings is 4. The molecule has 0 amide bonds. The molecule has 1 unspecified atom stereocenters. The van der Waals surface area contributed by atoms with E-state index in [1.54, 1.807) is 0 Å². The minimum absolute atomic E-state index is 0.394. The summed E-state index contributed by atoms with van der Waals surface area (Å²) < 4.78 is 15.0. The minimum atomic E-state index is -3.10. The van der Waals surface area contributed by atoms with E-state index in [9.17, 15) is 4.57 Å². The fraction of sp³-hybridized carbons (Fsp3) is 0.0370. The van der Waals surface area contributed by atoms with Gasteiger partial charge in [0.05, 0.1) is 5.66 Å². The van der Waals surface area contributed by atoms with Crippen LogP contribution in [0.15, 0.2) is 115 Å². The Morgan fingerprint density at radius 3 is 1.74 bits per heavy atom.